The van der Waals surface area contributed by atoms with Crippen molar-refractivity contribution >= 4 is 14.0 Å². The van der Waals surface area contributed by atoms with E-state index in [0.717, 1.165) is 24.9 Å². The van der Waals surface area contributed by atoms with E-state index in [9.17, 15) is 0 Å². The Morgan fingerprint density at radius 2 is 2.55 bits per heavy atom. The van der Waals surface area contributed by atoms with Crippen LogP contribution < -0.4 is 0 Å². The number of allylic oxidation sites excluding steroid dienone is 3. The molecule has 1 heterocycles. The van der Waals surface area contributed by atoms with Crippen LogP contribution in [-0.2, 0) is 4.74 Å². The molecule has 0 N–H and O–H groups in total. The molecule has 0 saturated carbocycles. The van der Waals surface area contributed by atoms with Gasteiger partial charge in [-0.25, -0.2) is 0 Å². The van der Waals surface area contributed by atoms with Crippen molar-refractivity contribution in [3.63, 3.8) is 0 Å². The second-order valence-corrected chi connectivity index (χ2v) is 3.36. The van der Waals surface area contributed by atoms with Crippen molar-refractivity contribution in [2.75, 3.05) is 12.8 Å². The van der Waals surface area contributed by atoms with Crippen molar-refractivity contribution in [2.24, 2.45) is 0 Å². The summed E-state index contributed by atoms with van der Waals surface area (Å²) >= 11 is 0. The second-order valence-electron chi connectivity index (χ2n) is 2.33. The first-order chi connectivity index (χ1) is 5.43. The number of hydrogen-bond acceptors (Lipinski definition) is 1. The Morgan fingerprint density at radius 3 is 3.36 bits per heavy atom. The van der Waals surface area contributed by atoms with Gasteiger partial charge in [0.05, 0.1) is 6.61 Å². The third-order valence-corrected chi connectivity index (χ3v) is 2.09. The Morgan fingerprint density at radius 1 is 1.64 bits per heavy atom. The van der Waals surface area contributed by atoms with Gasteiger partial charge in [0.15, 0.2) is 0 Å². The van der Waals surface area contributed by atoms with Gasteiger partial charge in [0.25, 0.3) is 0 Å². The van der Waals surface area contributed by atoms with Gasteiger partial charge in [-0.1, -0.05) is 13.0 Å². The SMILES string of the molecule is CCCOC1=CC=PCC=C1. The quantitative estimate of drug-likeness (QED) is 0.588. The van der Waals surface area contributed by atoms with Crippen LogP contribution in [0.3, 0.4) is 0 Å². The van der Waals surface area contributed by atoms with E-state index in [4.69, 9.17) is 4.74 Å². The Kier molecular flexibility index (Phi) is 4.00. The summed E-state index contributed by atoms with van der Waals surface area (Å²) in [6.45, 7) is 2.93. The van der Waals surface area contributed by atoms with E-state index in [-0.39, 0.29) is 0 Å². The predicted molar refractivity (Wildman–Crippen MR) is 51.3 cm³/mol. The minimum Gasteiger partial charge on any atom is -0.494 e. The summed E-state index contributed by atoms with van der Waals surface area (Å²) in [4.78, 5) is 0. The minimum atomic E-state index is 0.820. The zero-order valence-electron chi connectivity index (χ0n) is 6.79. The molecule has 0 amide bonds. The van der Waals surface area contributed by atoms with Crippen LogP contribution >= 0.6 is 8.20 Å². The van der Waals surface area contributed by atoms with Crippen LogP contribution in [0.25, 0.3) is 0 Å². The summed E-state index contributed by atoms with van der Waals surface area (Å²) in [5.74, 6) is 3.13. The zero-order valence-corrected chi connectivity index (χ0v) is 7.68. The Hall–Kier alpha value is -0.550. The van der Waals surface area contributed by atoms with E-state index in [1.54, 1.807) is 0 Å². The van der Waals surface area contributed by atoms with Crippen LogP contribution in [0.2, 0.25) is 0 Å². The highest BCUT2D eigenvalue weighted by molar-refractivity contribution is 7.39. The van der Waals surface area contributed by atoms with Gasteiger partial charge in [0.1, 0.15) is 5.76 Å². The van der Waals surface area contributed by atoms with Crippen molar-refractivity contribution in [2.45, 2.75) is 13.3 Å². The van der Waals surface area contributed by atoms with Gasteiger partial charge in [0.2, 0.25) is 0 Å². The molecule has 0 atom stereocenters. The van der Waals surface area contributed by atoms with Crippen LogP contribution in [0.1, 0.15) is 13.3 Å². The van der Waals surface area contributed by atoms with Crippen LogP contribution in [0.4, 0.5) is 0 Å². The van der Waals surface area contributed by atoms with Crippen molar-refractivity contribution in [1.29, 1.82) is 0 Å². The molecule has 0 aromatic rings. The lowest BCUT2D eigenvalue weighted by Crippen LogP contribution is -1.90. The maximum atomic E-state index is 5.45. The van der Waals surface area contributed by atoms with Gasteiger partial charge in [-0.15, -0.1) is 8.20 Å². The largest absolute Gasteiger partial charge is 0.494 e. The third-order valence-electron chi connectivity index (χ3n) is 1.31. The fourth-order valence-electron chi connectivity index (χ4n) is 0.788. The van der Waals surface area contributed by atoms with E-state index >= 15 is 0 Å². The van der Waals surface area contributed by atoms with E-state index in [0.29, 0.717) is 0 Å². The summed E-state index contributed by atoms with van der Waals surface area (Å²) < 4.78 is 5.45. The van der Waals surface area contributed by atoms with Crippen LogP contribution in [0, 0.1) is 0 Å². The molecule has 2 heteroatoms. The van der Waals surface area contributed by atoms with Crippen LogP contribution in [0.5, 0.6) is 0 Å². The standard InChI is InChI=1S/C9H13OP/c1-2-6-10-9-4-3-7-11-8-5-9/h3-5,8H,2,6-7H2,1H3. The average Bonchev–Trinajstić information content (AvgIpc) is 2.28. The second kappa shape index (κ2) is 5.15. The van der Waals surface area contributed by atoms with Crippen molar-refractivity contribution < 1.29 is 4.74 Å². The molecule has 0 aromatic carbocycles. The topological polar surface area (TPSA) is 9.23 Å². The summed E-state index contributed by atoms with van der Waals surface area (Å²) in [7, 11) is 1.35. The fraction of sp³-hybridized carbons (Fsp3) is 0.444. The highest BCUT2D eigenvalue weighted by atomic mass is 31.1. The van der Waals surface area contributed by atoms with E-state index < -0.39 is 0 Å². The van der Waals surface area contributed by atoms with E-state index in [1.165, 1.54) is 8.20 Å². The molecule has 1 nitrogen and oxygen atoms in total. The molecule has 0 fully saturated rings. The molecule has 11 heavy (non-hydrogen) atoms. The van der Waals surface area contributed by atoms with Gasteiger partial charge in [-0.3, -0.25) is 0 Å². The molecule has 1 rings (SSSR count). The maximum Gasteiger partial charge on any atom is 0.119 e. The average molecular weight is 168 g/mol. The highest BCUT2D eigenvalue weighted by Crippen LogP contribution is 2.07. The normalized spacial score (nSPS) is 17.4. The molecule has 60 valence electrons. The van der Waals surface area contributed by atoms with Gasteiger partial charge >= 0.3 is 0 Å². The fourth-order valence-corrected chi connectivity index (χ4v) is 1.39. The lowest BCUT2D eigenvalue weighted by atomic mass is 10.4. The van der Waals surface area contributed by atoms with E-state index in [2.05, 4.69) is 18.8 Å². The molecular formula is C9H13OP. The van der Waals surface area contributed by atoms with Gasteiger partial charge in [-0.2, -0.15) is 0 Å². The molecule has 0 aromatic heterocycles. The van der Waals surface area contributed by atoms with E-state index in [1.807, 2.05) is 12.2 Å². The van der Waals surface area contributed by atoms with Crippen molar-refractivity contribution in [1.82, 2.24) is 0 Å². The number of hydrogen-bond donors (Lipinski definition) is 0. The molecule has 0 saturated heterocycles. The van der Waals surface area contributed by atoms with Crippen LogP contribution in [0.15, 0.2) is 24.0 Å². The Labute approximate surface area is 69.6 Å². The molecule has 0 radical (unpaired) electrons. The molecule has 0 aliphatic carbocycles. The summed E-state index contributed by atoms with van der Waals surface area (Å²) in [5.41, 5.74) is 0. The van der Waals surface area contributed by atoms with Gasteiger partial charge in [0, 0.05) is 6.16 Å². The molecule has 1 aliphatic rings. The minimum absolute atomic E-state index is 0.820. The molecular weight excluding hydrogens is 155 g/mol. The first-order valence-corrected chi connectivity index (χ1v) is 5.08. The summed E-state index contributed by atoms with van der Waals surface area (Å²) in [6.07, 6.45) is 8.41. The molecule has 0 spiro atoms. The third kappa shape index (κ3) is 3.38. The van der Waals surface area contributed by atoms with Crippen molar-refractivity contribution in [3.05, 3.63) is 24.0 Å². The lowest BCUT2D eigenvalue weighted by molar-refractivity contribution is 0.225. The smallest absolute Gasteiger partial charge is 0.119 e. The van der Waals surface area contributed by atoms with Crippen LogP contribution in [-0.4, -0.2) is 18.6 Å². The predicted octanol–water partition coefficient (Wildman–Crippen LogP) is 2.62. The number of ether oxygens (including phenoxy) is 1. The Bertz CT molecular complexity index is 192. The summed E-state index contributed by atoms with van der Waals surface area (Å²) in [5, 5.41) is 0. The molecule has 1 aliphatic heterocycles. The molecule has 0 bridgehead atoms. The summed E-state index contributed by atoms with van der Waals surface area (Å²) in [6, 6.07) is 0. The first kappa shape index (κ1) is 8.55. The Balaban J connectivity index is 2.42. The lowest BCUT2D eigenvalue weighted by Gasteiger charge is -2.02. The monoisotopic (exact) mass is 168 g/mol. The zero-order chi connectivity index (χ0) is 7.94. The van der Waals surface area contributed by atoms with Gasteiger partial charge in [-0.05, 0) is 24.4 Å². The number of rotatable bonds is 3. The van der Waals surface area contributed by atoms with Crippen molar-refractivity contribution in [3.8, 4) is 0 Å². The highest BCUT2D eigenvalue weighted by Gasteiger charge is 1.91. The first-order valence-electron chi connectivity index (χ1n) is 3.93. The van der Waals surface area contributed by atoms with Gasteiger partial charge < -0.3 is 4.74 Å². The molecule has 0 unspecified atom stereocenters. The maximum absolute atomic E-state index is 5.45.